The van der Waals surface area contributed by atoms with Gasteiger partial charge >= 0.3 is 6.09 Å². The fourth-order valence-corrected chi connectivity index (χ4v) is 2.67. The summed E-state index contributed by atoms with van der Waals surface area (Å²) in [6.45, 7) is 12.9. The Labute approximate surface area is 163 Å². The summed E-state index contributed by atoms with van der Waals surface area (Å²) >= 11 is 0. The van der Waals surface area contributed by atoms with Gasteiger partial charge in [0.1, 0.15) is 5.60 Å². The fourth-order valence-electron chi connectivity index (χ4n) is 2.67. The van der Waals surface area contributed by atoms with Gasteiger partial charge in [0.25, 0.3) is 0 Å². The van der Waals surface area contributed by atoms with Crippen LogP contribution in [0.3, 0.4) is 0 Å². The number of carbonyl (C=O) groups is 1. The van der Waals surface area contributed by atoms with Crippen LogP contribution in [0.4, 0.5) is 4.79 Å². The normalized spacial score (nSPS) is 13.3. The summed E-state index contributed by atoms with van der Waals surface area (Å²) < 4.78 is 7.26. The minimum absolute atomic E-state index is 0.196. The molecule has 1 amide bonds. The van der Waals surface area contributed by atoms with Gasteiger partial charge < -0.3 is 20.3 Å². The minimum atomic E-state index is -0.492. The van der Waals surface area contributed by atoms with Gasteiger partial charge in [-0.2, -0.15) is 5.10 Å². The number of aliphatic imine (C=N–C) groups is 1. The second-order valence-electron chi connectivity index (χ2n) is 7.92. The first-order chi connectivity index (χ1) is 12.4. The first-order valence-electron chi connectivity index (χ1n) is 9.35. The van der Waals surface area contributed by atoms with E-state index >= 15 is 0 Å². The lowest BCUT2D eigenvalue weighted by Crippen LogP contribution is -2.46. The monoisotopic (exact) mass is 380 g/mol. The van der Waals surface area contributed by atoms with Crippen LogP contribution >= 0.6 is 0 Å². The second-order valence-corrected chi connectivity index (χ2v) is 7.92. The molecule has 1 atom stereocenters. The zero-order chi connectivity index (χ0) is 20.8. The van der Waals surface area contributed by atoms with Gasteiger partial charge in [0.2, 0.25) is 0 Å². The van der Waals surface area contributed by atoms with Crippen molar-refractivity contribution in [2.24, 2.45) is 12.0 Å². The summed E-state index contributed by atoms with van der Waals surface area (Å²) in [6.07, 6.45) is 0.535. The van der Waals surface area contributed by atoms with Crippen molar-refractivity contribution in [3.63, 3.8) is 0 Å². The molecule has 0 aliphatic carbocycles. The van der Waals surface area contributed by atoms with Crippen molar-refractivity contribution in [3.05, 3.63) is 17.0 Å². The second kappa shape index (κ2) is 9.62. The van der Waals surface area contributed by atoms with Crippen LogP contribution in [0.5, 0.6) is 0 Å². The molecule has 0 fully saturated rings. The van der Waals surface area contributed by atoms with E-state index in [1.807, 2.05) is 39.4 Å². The Kier molecular flexibility index (Phi) is 8.12. The molecule has 0 spiro atoms. The van der Waals surface area contributed by atoms with E-state index in [1.165, 1.54) is 11.3 Å². The molecular weight excluding hydrogens is 344 g/mol. The maximum absolute atomic E-state index is 12.0. The summed E-state index contributed by atoms with van der Waals surface area (Å²) in [6, 6.07) is 0.196. The van der Waals surface area contributed by atoms with Crippen molar-refractivity contribution in [2.75, 3.05) is 27.2 Å². The van der Waals surface area contributed by atoms with Crippen molar-refractivity contribution in [3.8, 4) is 0 Å². The number of ether oxygens (including phenoxy) is 1. The third kappa shape index (κ3) is 7.48. The van der Waals surface area contributed by atoms with Crippen LogP contribution in [0.15, 0.2) is 4.99 Å². The molecule has 0 aliphatic heterocycles. The van der Waals surface area contributed by atoms with Crippen molar-refractivity contribution in [2.45, 2.75) is 59.6 Å². The Morgan fingerprint density at radius 1 is 1.37 bits per heavy atom. The van der Waals surface area contributed by atoms with Gasteiger partial charge in [-0.05, 0) is 53.5 Å². The molecule has 154 valence electrons. The molecule has 0 radical (unpaired) electrons. The number of hydrogen-bond acceptors (Lipinski definition) is 4. The molecular formula is C19H36N6O2. The number of aryl methyl sites for hydroxylation is 2. The van der Waals surface area contributed by atoms with Crippen molar-refractivity contribution in [1.29, 1.82) is 0 Å². The molecule has 8 heteroatoms. The Hall–Kier alpha value is -2.25. The van der Waals surface area contributed by atoms with Crippen LogP contribution < -0.4 is 10.6 Å². The molecule has 0 saturated heterocycles. The lowest BCUT2D eigenvalue weighted by Gasteiger charge is -2.25. The van der Waals surface area contributed by atoms with E-state index in [0.717, 1.165) is 12.1 Å². The third-order valence-corrected chi connectivity index (χ3v) is 4.22. The maximum atomic E-state index is 12.0. The minimum Gasteiger partial charge on any atom is -0.444 e. The summed E-state index contributed by atoms with van der Waals surface area (Å²) in [5, 5.41) is 11.1. The molecule has 8 nitrogen and oxygen atoms in total. The molecule has 2 N–H and O–H groups in total. The quantitative estimate of drug-likeness (QED) is 0.583. The van der Waals surface area contributed by atoms with Gasteiger partial charge in [0, 0.05) is 46.0 Å². The van der Waals surface area contributed by atoms with E-state index in [9.17, 15) is 4.79 Å². The van der Waals surface area contributed by atoms with Gasteiger partial charge in [0.15, 0.2) is 5.96 Å². The zero-order valence-corrected chi connectivity index (χ0v) is 18.3. The van der Waals surface area contributed by atoms with E-state index in [0.29, 0.717) is 19.0 Å². The van der Waals surface area contributed by atoms with Crippen molar-refractivity contribution >= 4 is 12.1 Å². The van der Waals surface area contributed by atoms with E-state index in [4.69, 9.17) is 4.74 Å². The predicted molar refractivity (Wildman–Crippen MR) is 109 cm³/mol. The maximum Gasteiger partial charge on any atom is 0.410 e. The third-order valence-electron chi connectivity index (χ3n) is 4.22. The topological polar surface area (TPSA) is 83.8 Å². The first-order valence-corrected chi connectivity index (χ1v) is 9.35. The zero-order valence-electron chi connectivity index (χ0n) is 18.3. The van der Waals surface area contributed by atoms with Crippen molar-refractivity contribution in [1.82, 2.24) is 25.3 Å². The van der Waals surface area contributed by atoms with Gasteiger partial charge in [-0.3, -0.25) is 9.67 Å². The number of aromatic nitrogens is 2. The molecule has 1 heterocycles. The molecule has 1 rings (SSSR count). The number of carbonyl (C=O) groups excluding carboxylic acids is 1. The SMILES string of the molecule is CN=C(NCCN(C)C(=O)OC(C)(C)C)NC(C)Cc1c(C)nn(C)c1C. The number of nitrogens with one attached hydrogen (secondary N) is 2. The molecule has 0 aliphatic rings. The first kappa shape index (κ1) is 22.8. The highest BCUT2D eigenvalue weighted by molar-refractivity contribution is 5.80. The summed E-state index contributed by atoms with van der Waals surface area (Å²) in [5.41, 5.74) is 3.01. The molecule has 0 aromatic carbocycles. The molecule has 0 saturated carbocycles. The average Bonchev–Trinajstić information content (AvgIpc) is 2.78. The largest absolute Gasteiger partial charge is 0.444 e. The Bertz CT molecular complexity index is 660. The number of amides is 1. The highest BCUT2D eigenvalue weighted by Gasteiger charge is 2.19. The van der Waals surface area contributed by atoms with Gasteiger partial charge in [-0.25, -0.2) is 4.79 Å². The van der Waals surface area contributed by atoms with E-state index in [-0.39, 0.29) is 12.1 Å². The molecule has 1 unspecified atom stereocenters. The highest BCUT2D eigenvalue weighted by Crippen LogP contribution is 2.14. The Balaban J connectivity index is 2.47. The summed E-state index contributed by atoms with van der Waals surface area (Å²) in [7, 11) is 5.42. The van der Waals surface area contributed by atoms with Crippen LogP contribution in [0, 0.1) is 13.8 Å². The molecule has 27 heavy (non-hydrogen) atoms. The number of likely N-dealkylation sites (N-methyl/N-ethyl adjacent to an activating group) is 1. The number of hydrogen-bond donors (Lipinski definition) is 2. The number of rotatable bonds is 6. The van der Waals surface area contributed by atoms with Crippen molar-refractivity contribution < 1.29 is 9.53 Å². The summed E-state index contributed by atoms with van der Waals surface area (Å²) in [4.78, 5) is 17.8. The van der Waals surface area contributed by atoms with Gasteiger partial charge in [-0.1, -0.05) is 0 Å². The fraction of sp³-hybridized carbons (Fsp3) is 0.737. The number of guanidine groups is 1. The number of nitrogens with zero attached hydrogens (tertiary/aromatic N) is 4. The van der Waals surface area contributed by atoms with E-state index in [2.05, 4.69) is 34.6 Å². The Morgan fingerprint density at radius 3 is 2.48 bits per heavy atom. The predicted octanol–water partition coefficient (Wildman–Crippen LogP) is 2.00. The Morgan fingerprint density at radius 2 is 2.00 bits per heavy atom. The van der Waals surface area contributed by atoms with Gasteiger partial charge in [-0.15, -0.1) is 0 Å². The van der Waals surface area contributed by atoms with E-state index in [1.54, 1.807) is 19.0 Å². The lowest BCUT2D eigenvalue weighted by molar-refractivity contribution is 0.0302. The van der Waals surface area contributed by atoms with Gasteiger partial charge in [0.05, 0.1) is 5.69 Å². The smallest absolute Gasteiger partial charge is 0.410 e. The van der Waals surface area contributed by atoms with Crippen LogP contribution in [0.1, 0.15) is 44.6 Å². The lowest BCUT2D eigenvalue weighted by atomic mass is 10.1. The van der Waals surface area contributed by atoms with Crippen LogP contribution in [0.25, 0.3) is 0 Å². The molecule has 1 aromatic rings. The van der Waals surface area contributed by atoms with Crippen LogP contribution in [-0.4, -0.2) is 65.6 Å². The average molecular weight is 381 g/mol. The van der Waals surface area contributed by atoms with Crippen LogP contribution in [0.2, 0.25) is 0 Å². The standard InChI is InChI=1S/C19H36N6O2/c1-13(12-16-14(2)23-25(9)15(16)3)22-17(20-7)21-10-11-24(8)18(26)27-19(4,5)6/h13H,10-12H2,1-9H3,(H2,20,21,22). The molecule has 0 bridgehead atoms. The summed E-state index contributed by atoms with van der Waals surface area (Å²) in [5.74, 6) is 0.708. The van der Waals surface area contributed by atoms with E-state index < -0.39 is 5.60 Å². The van der Waals surface area contributed by atoms with Crippen LogP contribution in [-0.2, 0) is 18.2 Å². The molecule has 1 aromatic heterocycles. The highest BCUT2D eigenvalue weighted by atomic mass is 16.6.